The highest BCUT2D eigenvalue weighted by molar-refractivity contribution is 7.98. The molecule has 4 heteroatoms. The minimum atomic E-state index is 0.423. The molecule has 0 saturated heterocycles. The van der Waals surface area contributed by atoms with Crippen molar-refractivity contribution in [1.29, 1.82) is 0 Å². The van der Waals surface area contributed by atoms with E-state index in [1.807, 2.05) is 24.5 Å². The van der Waals surface area contributed by atoms with Crippen LogP contribution >= 0.6 is 24.4 Å². The number of thioether (sulfide) groups is 1. The summed E-state index contributed by atoms with van der Waals surface area (Å²) in [7, 11) is 0. The van der Waals surface area contributed by atoms with Crippen molar-refractivity contribution < 1.29 is 4.42 Å². The maximum absolute atomic E-state index is 5.25. The molecule has 0 saturated carbocycles. The summed E-state index contributed by atoms with van der Waals surface area (Å²) < 4.78 is 5.25. The lowest BCUT2D eigenvalue weighted by Crippen LogP contribution is -1.72. The first-order valence-corrected chi connectivity index (χ1v) is 5.11. The van der Waals surface area contributed by atoms with E-state index in [1.165, 1.54) is 0 Å². The quantitative estimate of drug-likeness (QED) is 0.562. The Morgan fingerprint density at radius 2 is 2.33 bits per heavy atom. The lowest BCUT2D eigenvalue weighted by atomic mass is 10.3. The molecule has 0 aliphatic rings. The van der Waals surface area contributed by atoms with Crippen LogP contribution in [0.4, 0.5) is 0 Å². The van der Waals surface area contributed by atoms with Gasteiger partial charge >= 0.3 is 0 Å². The first kappa shape index (κ1) is 8.01. The number of fused-ring (bicyclic) bond motifs is 1. The maximum atomic E-state index is 5.25. The highest BCUT2D eigenvalue weighted by atomic mass is 32.2. The van der Waals surface area contributed by atoms with E-state index in [1.54, 1.807) is 11.8 Å². The van der Waals surface area contributed by atoms with Crippen molar-refractivity contribution >= 4 is 35.5 Å². The minimum Gasteiger partial charge on any atom is -0.431 e. The third-order valence-corrected chi connectivity index (χ3v) is 2.55. The Bertz CT molecular complexity index is 410. The maximum Gasteiger partial charge on any atom is 0.253 e. The smallest absolute Gasteiger partial charge is 0.253 e. The van der Waals surface area contributed by atoms with Crippen molar-refractivity contribution in [2.45, 2.75) is 10.1 Å². The van der Waals surface area contributed by atoms with E-state index in [0.717, 1.165) is 16.0 Å². The average molecular weight is 197 g/mol. The normalized spacial score (nSPS) is 10.8. The Balaban J connectivity index is 2.78. The average Bonchev–Trinajstić information content (AvgIpc) is 2.44. The van der Waals surface area contributed by atoms with Gasteiger partial charge in [0.15, 0.2) is 5.58 Å². The van der Waals surface area contributed by atoms with E-state index < -0.39 is 0 Å². The number of thiol groups is 1. The minimum absolute atomic E-state index is 0.423. The second-order valence-corrected chi connectivity index (χ2v) is 3.53. The Morgan fingerprint density at radius 3 is 3.08 bits per heavy atom. The molecule has 0 aliphatic carbocycles. The Hall–Kier alpha value is -0.610. The molecular formula is C8H7NOS2. The summed E-state index contributed by atoms with van der Waals surface area (Å²) in [4.78, 5) is 5.28. The van der Waals surface area contributed by atoms with Crippen molar-refractivity contribution in [1.82, 2.24) is 4.98 Å². The third kappa shape index (κ3) is 1.21. The molecule has 12 heavy (non-hydrogen) atoms. The van der Waals surface area contributed by atoms with Crippen molar-refractivity contribution in [2.24, 2.45) is 0 Å². The molecule has 1 aromatic carbocycles. The van der Waals surface area contributed by atoms with Crippen molar-refractivity contribution in [3.8, 4) is 0 Å². The van der Waals surface area contributed by atoms with Gasteiger partial charge in [-0.2, -0.15) is 0 Å². The van der Waals surface area contributed by atoms with Gasteiger partial charge in [0.05, 0.1) is 0 Å². The standard InChI is InChI=1S/C8H7NOS2/c1-12-6-4-2-3-5-7(6)9-8(11)10-5/h2-4H,1H3,(H,9,11). The lowest BCUT2D eigenvalue weighted by Gasteiger charge is -1.93. The van der Waals surface area contributed by atoms with E-state index in [2.05, 4.69) is 17.6 Å². The van der Waals surface area contributed by atoms with Gasteiger partial charge in [-0.15, -0.1) is 11.8 Å². The molecular weight excluding hydrogens is 190 g/mol. The molecule has 0 N–H and O–H groups in total. The SMILES string of the molecule is CSc1cccc2oc(S)nc12. The van der Waals surface area contributed by atoms with Crippen LogP contribution in [0.2, 0.25) is 0 Å². The summed E-state index contributed by atoms with van der Waals surface area (Å²) in [5.74, 6) is 0. The Morgan fingerprint density at radius 1 is 1.50 bits per heavy atom. The molecule has 2 aromatic rings. The summed E-state index contributed by atoms with van der Waals surface area (Å²) in [6.45, 7) is 0. The van der Waals surface area contributed by atoms with Gasteiger partial charge in [0.1, 0.15) is 5.52 Å². The van der Waals surface area contributed by atoms with Crippen LogP contribution in [0.25, 0.3) is 11.1 Å². The molecule has 0 spiro atoms. The topological polar surface area (TPSA) is 26.0 Å². The molecule has 2 rings (SSSR count). The molecule has 0 atom stereocenters. The molecule has 1 aromatic heterocycles. The largest absolute Gasteiger partial charge is 0.431 e. The van der Waals surface area contributed by atoms with Crippen LogP contribution in [0.15, 0.2) is 32.7 Å². The zero-order valence-electron chi connectivity index (χ0n) is 6.44. The van der Waals surface area contributed by atoms with E-state index in [4.69, 9.17) is 4.42 Å². The second-order valence-electron chi connectivity index (χ2n) is 2.30. The first-order chi connectivity index (χ1) is 5.81. The fourth-order valence-corrected chi connectivity index (χ4v) is 1.83. The number of benzene rings is 1. The Kier molecular flexibility index (Phi) is 2.02. The number of hydrogen-bond acceptors (Lipinski definition) is 4. The molecule has 0 unspecified atom stereocenters. The van der Waals surface area contributed by atoms with Crippen LogP contribution < -0.4 is 0 Å². The van der Waals surface area contributed by atoms with E-state index >= 15 is 0 Å². The molecule has 0 aliphatic heterocycles. The summed E-state index contributed by atoms with van der Waals surface area (Å²) in [5, 5.41) is 0.423. The first-order valence-electron chi connectivity index (χ1n) is 3.44. The number of hydrogen-bond donors (Lipinski definition) is 1. The van der Waals surface area contributed by atoms with Gasteiger partial charge in [-0.1, -0.05) is 18.7 Å². The van der Waals surface area contributed by atoms with Gasteiger partial charge in [0.25, 0.3) is 5.22 Å². The lowest BCUT2D eigenvalue weighted by molar-refractivity contribution is 0.492. The summed E-state index contributed by atoms with van der Waals surface area (Å²) in [6, 6.07) is 5.86. The fourth-order valence-electron chi connectivity index (χ4n) is 1.08. The van der Waals surface area contributed by atoms with E-state index in [-0.39, 0.29) is 0 Å². The van der Waals surface area contributed by atoms with E-state index in [0.29, 0.717) is 5.22 Å². The number of rotatable bonds is 1. The fraction of sp³-hybridized carbons (Fsp3) is 0.125. The van der Waals surface area contributed by atoms with Crippen LogP contribution in [-0.4, -0.2) is 11.2 Å². The Labute approximate surface area is 79.8 Å². The van der Waals surface area contributed by atoms with Gasteiger partial charge < -0.3 is 4.42 Å². The number of nitrogens with zero attached hydrogens (tertiary/aromatic N) is 1. The highest BCUT2D eigenvalue weighted by Crippen LogP contribution is 2.26. The van der Waals surface area contributed by atoms with Gasteiger partial charge in [-0.25, -0.2) is 4.98 Å². The van der Waals surface area contributed by atoms with Crippen molar-refractivity contribution in [3.05, 3.63) is 18.2 Å². The summed E-state index contributed by atoms with van der Waals surface area (Å²) in [6.07, 6.45) is 2.02. The van der Waals surface area contributed by atoms with Crippen LogP contribution in [0.1, 0.15) is 0 Å². The molecule has 62 valence electrons. The predicted molar refractivity (Wildman–Crippen MR) is 53.0 cm³/mol. The number of aromatic nitrogens is 1. The van der Waals surface area contributed by atoms with E-state index in [9.17, 15) is 0 Å². The van der Waals surface area contributed by atoms with Crippen LogP contribution in [0.5, 0.6) is 0 Å². The predicted octanol–water partition coefficient (Wildman–Crippen LogP) is 2.84. The number of para-hydroxylation sites is 1. The molecule has 0 amide bonds. The van der Waals surface area contributed by atoms with Crippen LogP contribution in [0.3, 0.4) is 0 Å². The third-order valence-electron chi connectivity index (χ3n) is 1.59. The van der Waals surface area contributed by atoms with Gasteiger partial charge in [0, 0.05) is 4.90 Å². The summed E-state index contributed by atoms with van der Waals surface area (Å²) in [5.41, 5.74) is 1.70. The van der Waals surface area contributed by atoms with Crippen LogP contribution in [0, 0.1) is 0 Å². The number of oxazole rings is 1. The van der Waals surface area contributed by atoms with Gasteiger partial charge in [0.2, 0.25) is 0 Å². The van der Waals surface area contributed by atoms with Gasteiger partial charge in [-0.3, -0.25) is 0 Å². The molecule has 0 radical (unpaired) electrons. The van der Waals surface area contributed by atoms with Gasteiger partial charge in [-0.05, 0) is 18.4 Å². The van der Waals surface area contributed by atoms with Crippen molar-refractivity contribution in [3.63, 3.8) is 0 Å². The highest BCUT2D eigenvalue weighted by Gasteiger charge is 2.05. The van der Waals surface area contributed by atoms with Crippen molar-refractivity contribution in [2.75, 3.05) is 6.26 Å². The second kappa shape index (κ2) is 3.03. The zero-order chi connectivity index (χ0) is 8.55. The monoisotopic (exact) mass is 197 g/mol. The molecule has 1 heterocycles. The molecule has 2 nitrogen and oxygen atoms in total. The zero-order valence-corrected chi connectivity index (χ0v) is 8.15. The summed E-state index contributed by atoms with van der Waals surface area (Å²) >= 11 is 5.70. The molecule has 0 bridgehead atoms. The molecule has 0 fully saturated rings. The van der Waals surface area contributed by atoms with Crippen LogP contribution in [-0.2, 0) is 0 Å².